The first-order chi connectivity index (χ1) is 14.8. The minimum atomic E-state index is -0.539. The summed E-state index contributed by atoms with van der Waals surface area (Å²) in [6, 6.07) is 17.3. The topological polar surface area (TPSA) is 49.9 Å². The number of carbonyl (C=O) groups excluding carboxylic acids is 2. The first-order valence-corrected chi connectivity index (χ1v) is 11.2. The van der Waals surface area contributed by atoms with Crippen LogP contribution in [0.2, 0.25) is 0 Å². The summed E-state index contributed by atoms with van der Waals surface area (Å²) in [5.74, 6) is -0.289. The molecule has 1 amide bonds. The number of anilines is 1. The third kappa shape index (κ3) is 3.93. The zero-order chi connectivity index (χ0) is 22.2. The number of benzene rings is 2. The molecule has 3 atom stereocenters. The van der Waals surface area contributed by atoms with Crippen molar-refractivity contribution >= 4 is 17.6 Å². The van der Waals surface area contributed by atoms with Gasteiger partial charge in [-0.15, -0.1) is 0 Å². The number of hydrogen-bond donors (Lipinski definition) is 0. The van der Waals surface area contributed by atoms with Gasteiger partial charge in [-0.25, -0.2) is 4.79 Å². The smallest absolute Gasteiger partial charge is 0.328 e. The molecule has 1 fully saturated rings. The second-order valence-corrected chi connectivity index (χ2v) is 9.41. The van der Waals surface area contributed by atoms with Crippen molar-refractivity contribution in [1.82, 2.24) is 4.90 Å². The van der Waals surface area contributed by atoms with Gasteiger partial charge in [0.05, 0.1) is 12.6 Å². The van der Waals surface area contributed by atoms with Gasteiger partial charge in [-0.1, -0.05) is 48.5 Å². The van der Waals surface area contributed by atoms with Gasteiger partial charge < -0.3 is 14.5 Å². The molecule has 0 N–H and O–H groups in total. The number of likely N-dealkylation sites (tertiary alicyclic amines) is 1. The Hall–Kier alpha value is -2.82. The molecular weight excluding hydrogens is 388 g/mol. The molecule has 2 aliphatic heterocycles. The van der Waals surface area contributed by atoms with Crippen LogP contribution in [0.1, 0.15) is 57.7 Å². The van der Waals surface area contributed by atoms with E-state index in [1.54, 1.807) is 0 Å². The van der Waals surface area contributed by atoms with Crippen LogP contribution in [-0.4, -0.2) is 41.0 Å². The van der Waals surface area contributed by atoms with Crippen molar-refractivity contribution in [2.75, 3.05) is 11.5 Å². The van der Waals surface area contributed by atoms with Gasteiger partial charge in [0.25, 0.3) is 0 Å². The third-order valence-corrected chi connectivity index (χ3v) is 6.37. The Morgan fingerprint density at radius 2 is 1.65 bits per heavy atom. The zero-order valence-corrected chi connectivity index (χ0v) is 18.9. The molecule has 1 saturated heterocycles. The minimum absolute atomic E-state index is 0.00975. The van der Waals surface area contributed by atoms with Crippen molar-refractivity contribution in [2.45, 2.75) is 70.6 Å². The maximum Gasteiger partial charge on any atom is 0.328 e. The summed E-state index contributed by atoms with van der Waals surface area (Å²) in [6.45, 7) is 8.53. The van der Waals surface area contributed by atoms with Gasteiger partial charge in [-0.05, 0) is 57.7 Å². The number of nitrogens with zero attached hydrogens (tertiary/aromatic N) is 2. The monoisotopic (exact) mass is 420 g/mol. The highest BCUT2D eigenvalue weighted by Crippen LogP contribution is 2.42. The lowest BCUT2D eigenvalue weighted by atomic mass is 10.0. The van der Waals surface area contributed by atoms with Gasteiger partial charge in [0.15, 0.2) is 0 Å². The van der Waals surface area contributed by atoms with Crippen LogP contribution in [-0.2, 0) is 20.7 Å². The lowest BCUT2D eigenvalue weighted by Crippen LogP contribution is -2.56. The fourth-order valence-corrected chi connectivity index (χ4v) is 5.18. The summed E-state index contributed by atoms with van der Waals surface area (Å²) >= 11 is 0. The van der Waals surface area contributed by atoms with Crippen molar-refractivity contribution in [3.05, 3.63) is 65.7 Å². The maximum atomic E-state index is 14.2. The number of fused-ring (bicyclic) bond motifs is 1. The molecule has 5 heteroatoms. The van der Waals surface area contributed by atoms with E-state index in [2.05, 4.69) is 37.8 Å². The average molecular weight is 421 g/mol. The Morgan fingerprint density at radius 3 is 2.32 bits per heavy atom. The summed E-state index contributed by atoms with van der Waals surface area (Å²) in [7, 11) is 0. The summed E-state index contributed by atoms with van der Waals surface area (Å²) < 4.78 is 5.36. The first kappa shape index (κ1) is 21.4. The van der Waals surface area contributed by atoms with Crippen LogP contribution in [0.25, 0.3) is 0 Å². The standard InChI is InChI=1S/C26H32N2O3/c1-5-31-25(30)22-16-15-20(18-11-7-6-8-12-18)27(22)24(29)23-17-19-13-9-10-14-21(19)28(23)26(2,3)4/h6-14,20,22-23H,5,15-17H2,1-4H3/t20-,22+,23?/m0/s1. The van der Waals surface area contributed by atoms with E-state index in [1.165, 1.54) is 5.56 Å². The highest BCUT2D eigenvalue weighted by atomic mass is 16.5. The molecule has 0 spiro atoms. The Kier molecular flexibility index (Phi) is 5.78. The van der Waals surface area contributed by atoms with Crippen LogP contribution in [0.15, 0.2) is 54.6 Å². The molecule has 0 bridgehead atoms. The Morgan fingerprint density at radius 1 is 0.968 bits per heavy atom. The Balaban J connectivity index is 1.72. The second kappa shape index (κ2) is 8.37. The van der Waals surface area contributed by atoms with E-state index in [9.17, 15) is 9.59 Å². The summed E-state index contributed by atoms with van der Waals surface area (Å²) in [4.78, 5) is 31.0. The molecule has 1 unspecified atom stereocenters. The van der Waals surface area contributed by atoms with Gasteiger partial charge >= 0.3 is 5.97 Å². The number of para-hydroxylation sites is 1. The molecule has 0 aromatic heterocycles. The van der Waals surface area contributed by atoms with E-state index in [4.69, 9.17) is 4.74 Å². The van der Waals surface area contributed by atoms with Crippen molar-refractivity contribution in [1.29, 1.82) is 0 Å². The fraction of sp³-hybridized carbons (Fsp3) is 0.462. The average Bonchev–Trinajstić information content (AvgIpc) is 3.36. The molecule has 2 aliphatic rings. The third-order valence-electron chi connectivity index (χ3n) is 6.37. The highest BCUT2D eigenvalue weighted by Gasteiger charge is 2.48. The van der Waals surface area contributed by atoms with Gasteiger partial charge in [-0.2, -0.15) is 0 Å². The molecule has 0 aliphatic carbocycles. The van der Waals surface area contributed by atoms with Crippen LogP contribution in [0.4, 0.5) is 5.69 Å². The number of amides is 1. The minimum Gasteiger partial charge on any atom is -0.464 e. The molecule has 2 heterocycles. The molecule has 5 nitrogen and oxygen atoms in total. The van der Waals surface area contributed by atoms with Crippen molar-refractivity contribution in [3.63, 3.8) is 0 Å². The molecule has 0 saturated carbocycles. The van der Waals surface area contributed by atoms with Crippen LogP contribution < -0.4 is 4.90 Å². The molecule has 31 heavy (non-hydrogen) atoms. The van der Waals surface area contributed by atoms with Crippen molar-refractivity contribution in [2.24, 2.45) is 0 Å². The number of ether oxygens (including phenoxy) is 1. The molecular formula is C26H32N2O3. The molecule has 0 radical (unpaired) electrons. The lowest BCUT2D eigenvalue weighted by molar-refractivity contribution is -0.154. The number of hydrogen-bond acceptors (Lipinski definition) is 4. The Bertz CT molecular complexity index is 951. The Labute approximate surface area is 185 Å². The molecule has 164 valence electrons. The summed E-state index contributed by atoms with van der Waals surface area (Å²) in [6.07, 6.45) is 2.04. The van der Waals surface area contributed by atoms with Crippen molar-refractivity contribution in [3.8, 4) is 0 Å². The SMILES string of the molecule is CCOC(=O)[C@H]1CC[C@@H](c2ccccc2)N1C(=O)C1Cc2ccccc2N1C(C)(C)C. The maximum absolute atomic E-state index is 14.2. The van der Waals surface area contributed by atoms with E-state index >= 15 is 0 Å². The molecule has 2 aromatic carbocycles. The van der Waals surface area contributed by atoms with Gasteiger partial charge in [-0.3, -0.25) is 4.79 Å². The van der Waals surface area contributed by atoms with Crippen LogP contribution in [0.3, 0.4) is 0 Å². The van der Waals surface area contributed by atoms with E-state index in [0.29, 0.717) is 19.4 Å². The first-order valence-electron chi connectivity index (χ1n) is 11.2. The lowest BCUT2D eigenvalue weighted by Gasteiger charge is -2.41. The van der Waals surface area contributed by atoms with E-state index in [-0.39, 0.29) is 29.5 Å². The van der Waals surface area contributed by atoms with Gasteiger partial charge in [0, 0.05) is 17.6 Å². The fourth-order valence-electron chi connectivity index (χ4n) is 5.18. The quantitative estimate of drug-likeness (QED) is 0.683. The predicted octanol–water partition coefficient (Wildman–Crippen LogP) is 4.51. The number of carbonyl (C=O) groups is 2. The van der Waals surface area contributed by atoms with Gasteiger partial charge in [0.2, 0.25) is 5.91 Å². The largest absolute Gasteiger partial charge is 0.464 e. The van der Waals surface area contributed by atoms with Crippen LogP contribution >= 0.6 is 0 Å². The van der Waals surface area contributed by atoms with Gasteiger partial charge in [0.1, 0.15) is 12.1 Å². The highest BCUT2D eigenvalue weighted by molar-refractivity contribution is 5.93. The predicted molar refractivity (Wildman–Crippen MR) is 122 cm³/mol. The summed E-state index contributed by atoms with van der Waals surface area (Å²) in [5.41, 5.74) is 3.13. The van der Waals surface area contributed by atoms with Crippen molar-refractivity contribution < 1.29 is 14.3 Å². The van der Waals surface area contributed by atoms with E-state index in [1.807, 2.05) is 54.3 Å². The summed E-state index contributed by atoms with van der Waals surface area (Å²) in [5, 5.41) is 0. The van der Waals surface area contributed by atoms with Crippen LogP contribution in [0.5, 0.6) is 0 Å². The molecule has 2 aromatic rings. The molecule has 4 rings (SSSR count). The van der Waals surface area contributed by atoms with E-state index in [0.717, 1.165) is 17.7 Å². The normalized spacial score (nSPS) is 23.0. The second-order valence-electron chi connectivity index (χ2n) is 9.41. The van der Waals surface area contributed by atoms with Crippen LogP contribution in [0, 0.1) is 0 Å². The zero-order valence-electron chi connectivity index (χ0n) is 18.9. The van der Waals surface area contributed by atoms with E-state index < -0.39 is 6.04 Å². The number of rotatable bonds is 4. The number of esters is 1.